The van der Waals surface area contributed by atoms with E-state index < -0.39 is 0 Å². The van der Waals surface area contributed by atoms with Crippen molar-refractivity contribution in [2.24, 2.45) is 0 Å². The average Bonchev–Trinajstić information content (AvgIpc) is 2.67. The molecule has 6 nitrogen and oxygen atoms in total. The Kier molecular flexibility index (Phi) is 5.21. The van der Waals surface area contributed by atoms with Crippen molar-refractivity contribution < 1.29 is 9.53 Å². The number of ether oxygens (including phenoxy) is 1. The number of amides is 1. The van der Waals surface area contributed by atoms with Gasteiger partial charge in [0.25, 0.3) is 5.91 Å². The minimum absolute atomic E-state index is 0.274. The van der Waals surface area contributed by atoms with Crippen LogP contribution < -0.4 is 15.4 Å². The number of carbonyl (C=O) groups is 1. The number of nitrogens with zero attached hydrogens (tertiary/aromatic N) is 2. The van der Waals surface area contributed by atoms with Crippen LogP contribution >= 0.6 is 0 Å². The second-order valence-corrected chi connectivity index (χ2v) is 5.27. The zero-order chi connectivity index (χ0) is 17.5. The van der Waals surface area contributed by atoms with Gasteiger partial charge < -0.3 is 15.4 Å². The van der Waals surface area contributed by atoms with Gasteiger partial charge in [0.2, 0.25) is 0 Å². The number of benzene rings is 2. The van der Waals surface area contributed by atoms with Crippen molar-refractivity contribution in [3.8, 4) is 5.75 Å². The van der Waals surface area contributed by atoms with Crippen LogP contribution in [0.5, 0.6) is 5.75 Å². The molecule has 0 aliphatic heterocycles. The molecule has 3 rings (SSSR count). The standard InChI is InChI=1S/C19H18N4O2/c1-25-17-10-6-5-7-14(17)12-20-19(24)16-11-18(22-13-21-16)23-15-8-3-2-4-9-15/h2-11,13H,12H2,1H3,(H,20,24)(H,21,22,23). The van der Waals surface area contributed by atoms with Crippen molar-refractivity contribution in [3.63, 3.8) is 0 Å². The van der Waals surface area contributed by atoms with Crippen LogP contribution in [0.2, 0.25) is 0 Å². The van der Waals surface area contributed by atoms with Crippen molar-refractivity contribution >= 4 is 17.4 Å². The third-order valence-electron chi connectivity index (χ3n) is 3.58. The van der Waals surface area contributed by atoms with E-state index >= 15 is 0 Å². The molecule has 0 radical (unpaired) electrons. The number of nitrogens with one attached hydrogen (secondary N) is 2. The normalized spacial score (nSPS) is 10.1. The Hall–Kier alpha value is -3.41. The van der Waals surface area contributed by atoms with E-state index in [4.69, 9.17) is 4.74 Å². The van der Waals surface area contributed by atoms with E-state index in [0.717, 1.165) is 17.0 Å². The summed E-state index contributed by atoms with van der Waals surface area (Å²) in [6.07, 6.45) is 1.36. The molecule has 126 valence electrons. The fourth-order valence-corrected chi connectivity index (χ4v) is 2.33. The summed E-state index contributed by atoms with van der Waals surface area (Å²) in [6.45, 7) is 0.355. The largest absolute Gasteiger partial charge is 0.496 e. The van der Waals surface area contributed by atoms with Crippen LogP contribution in [0.1, 0.15) is 16.1 Å². The molecule has 0 aliphatic rings. The molecular weight excluding hydrogens is 316 g/mol. The van der Waals surface area contributed by atoms with Gasteiger partial charge in [-0.1, -0.05) is 36.4 Å². The minimum atomic E-state index is -0.274. The molecule has 0 spiro atoms. The predicted molar refractivity (Wildman–Crippen MR) is 95.9 cm³/mol. The van der Waals surface area contributed by atoms with Gasteiger partial charge in [-0.3, -0.25) is 4.79 Å². The van der Waals surface area contributed by atoms with Crippen LogP contribution in [-0.2, 0) is 6.54 Å². The topological polar surface area (TPSA) is 76.1 Å². The second kappa shape index (κ2) is 7.92. The quantitative estimate of drug-likeness (QED) is 0.724. The minimum Gasteiger partial charge on any atom is -0.496 e. The summed E-state index contributed by atoms with van der Waals surface area (Å²) in [4.78, 5) is 20.5. The Morgan fingerprint density at radius 1 is 1.04 bits per heavy atom. The van der Waals surface area contributed by atoms with E-state index in [1.807, 2.05) is 54.6 Å². The first-order valence-electron chi connectivity index (χ1n) is 7.80. The maximum atomic E-state index is 12.4. The number of carbonyl (C=O) groups excluding carboxylic acids is 1. The van der Waals surface area contributed by atoms with Gasteiger partial charge in [-0.05, 0) is 18.2 Å². The van der Waals surface area contributed by atoms with Gasteiger partial charge in [0.1, 0.15) is 23.6 Å². The molecule has 2 N–H and O–H groups in total. The zero-order valence-electron chi connectivity index (χ0n) is 13.8. The Balaban J connectivity index is 1.67. The molecule has 0 atom stereocenters. The van der Waals surface area contributed by atoms with E-state index in [9.17, 15) is 4.79 Å². The Labute approximate surface area is 145 Å². The van der Waals surface area contributed by atoms with Crippen molar-refractivity contribution in [2.75, 3.05) is 12.4 Å². The number of aromatic nitrogens is 2. The molecule has 0 saturated heterocycles. The van der Waals surface area contributed by atoms with Gasteiger partial charge in [-0.2, -0.15) is 0 Å². The van der Waals surface area contributed by atoms with Crippen LogP contribution in [-0.4, -0.2) is 23.0 Å². The molecule has 2 aromatic carbocycles. The predicted octanol–water partition coefficient (Wildman–Crippen LogP) is 3.16. The SMILES string of the molecule is COc1ccccc1CNC(=O)c1cc(Nc2ccccc2)ncn1. The lowest BCUT2D eigenvalue weighted by molar-refractivity contribution is 0.0945. The maximum Gasteiger partial charge on any atom is 0.270 e. The number of hydrogen-bond acceptors (Lipinski definition) is 5. The van der Waals surface area contributed by atoms with E-state index in [-0.39, 0.29) is 5.91 Å². The molecule has 1 amide bonds. The van der Waals surface area contributed by atoms with Crippen LogP contribution in [0.25, 0.3) is 0 Å². The first kappa shape index (κ1) is 16.4. The molecule has 1 aromatic heterocycles. The molecule has 0 aliphatic carbocycles. The molecule has 3 aromatic rings. The van der Waals surface area contributed by atoms with Gasteiger partial charge in [-0.25, -0.2) is 9.97 Å². The second-order valence-electron chi connectivity index (χ2n) is 5.27. The number of methoxy groups -OCH3 is 1. The smallest absolute Gasteiger partial charge is 0.270 e. The number of anilines is 2. The van der Waals surface area contributed by atoms with E-state index in [2.05, 4.69) is 20.6 Å². The summed E-state index contributed by atoms with van der Waals surface area (Å²) in [5.74, 6) is 1.02. The number of rotatable bonds is 6. The number of para-hydroxylation sites is 2. The summed E-state index contributed by atoms with van der Waals surface area (Å²) in [7, 11) is 1.60. The lowest BCUT2D eigenvalue weighted by atomic mass is 10.2. The van der Waals surface area contributed by atoms with Crippen molar-refractivity contribution in [3.05, 3.63) is 78.2 Å². The molecular formula is C19H18N4O2. The monoisotopic (exact) mass is 334 g/mol. The van der Waals surface area contributed by atoms with E-state index in [0.29, 0.717) is 18.1 Å². The number of hydrogen-bond donors (Lipinski definition) is 2. The summed E-state index contributed by atoms with van der Waals surface area (Å²) >= 11 is 0. The zero-order valence-corrected chi connectivity index (χ0v) is 13.8. The van der Waals surface area contributed by atoms with Gasteiger partial charge in [0, 0.05) is 23.9 Å². The fraction of sp³-hybridized carbons (Fsp3) is 0.105. The third kappa shape index (κ3) is 4.32. The lowest BCUT2D eigenvalue weighted by Crippen LogP contribution is -2.24. The van der Waals surface area contributed by atoms with Gasteiger partial charge in [0.15, 0.2) is 0 Å². The van der Waals surface area contributed by atoms with Gasteiger partial charge >= 0.3 is 0 Å². The molecule has 0 fully saturated rings. The highest BCUT2D eigenvalue weighted by atomic mass is 16.5. The van der Waals surface area contributed by atoms with Crippen molar-refractivity contribution in [1.29, 1.82) is 0 Å². The first-order valence-corrected chi connectivity index (χ1v) is 7.80. The van der Waals surface area contributed by atoms with E-state index in [1.165, 1.54) is 6.33 Å². The molecule has 0 bridgehead atoms. The van der Waals surface area contributed by atoms with Crippen LogP contribution in [0, 0.1) is 0 Å². The van der Waals surface area contributed by atoms with Crippen LogP contribution in [0.4, 0.5) is 11.5 Å². The summed E-state index contributed by atoms with van der Waals surface area (Å²) < 4.78 is 5.28. The van der Waals surface area contributed by atoms with Crippen molar-refractivity contribution in [1.82, 2.24) is 15.3 Å². The molecule has 0 saturated carbocycles. The summed E-state index contributed by atoms with van der Waals surface area (Å²) in [6, 6.07) is 18.8. The molecule has 1 heterocycles. The molecule has 6 heteroatoms. The lowest BCUT2D eigenvalue weighted by Gasteiger charge is -2.10. The Morgan fingerprint density at radius 2 is 1.80 bits per heavy atom. The van der Waals surface area contributed by atoms with Crippen LogP contribution in [0.3, 0.4) is 0 Å². The van der Waals surface area contributed by atoms with Crippen LogP contribution in [0.15, 0.2) is 67.0 Å². The third-order valence-corrected chi connectivity index (χ3v) is 3.58. The molecule has 0 unspecified atom stereocenters. The Morgan fingerprint density at radius 3 is 2.60 bits per heavy atom. The first-order chi connectivity index (χ1) is 12.3. The average molecular weight is 334 g/mol. The van der Waals surface area contributed by atoms with E-state index in [1.54, 1.807) is 13.2 Å². The highest BCUT2D eigenvalue weighted by Crippen LogP contribution is 2.17. The van der Waals surface area contributed by atoms with Gasteiger partial charge in [-0.15, -0.1) is 0 Å². The Bertz CT molecular complexity index is 853. The van der Waals surface area contributed by atoms with Gasteiger partial charge in [0.05, 0.1) is 7.11 Å². The highest BCUT2D eigenvalue weighted by molar-refractivity contribution is 5.92. The summed E-state index contributed by atoms with van der Waals surface area (Å²) in [5.41, 5.74) is 2.08. The van der Waals surface area contributed by atoms with Crippen molar-refractivity contribution in [2.45, 2.75) is 6.54 Å². The highest BCUT2D eigenvalue weighted by Gasteiger charge is 2.10. The summed E-state index contributed by atoms with van der Waals surface area (Å²) in [5, 5.41) is 5.98. The molecule has 25 heavy (non-hydrogen) atoms. The fourth-order valence-electron chi connectivity index (χ4n) is 2.33. The maximum absolute atomic E-state index is 12.4.